The summed E-state index contributed by atoms with van der Waals surface area (Å²) >= 11 is 0. The summed E-state index contributed by atoms with van der Waals surface area (Å²) in [4.78, 5) is 26.5. The molecule has 1 unspecified atom stereocenters. The van der Waals surface area contributed by atoms with Crippen molar-refractivity contribution in [3.05, 3.63) is 29.8 Å². The third-order valence-corrected chi connectivity index (χ3v) is 4.62. The van der Waals surface area contributed by atoms with Gasteiger partial charge in [-0.2, -0.15) is 0 Å². The number of ether oxygens (including phenoxy) is 3. The number of carbonyl (C=O) groups is 2. The number of benzene rings is 1. The number of piperidine rings is 1. The van der Waals surface area contributed by atoms with Gasteiger partial charge in [-0.05, 0) is 63.8 Å². The lowest BCUT2D eigenvalue weighted by Crippen LogP contribution is -2.49. The Morgan fingerprint density at radius 3 is 2.55 bits per heavy atom. The number of rotatable bonds is 6. The van der Waals surface area contributed by atoms with Gasteiger partial charge in [0.1, 0.15) is 5.60 Å². The molecule has 1 aromatic rings. The predicted octanol–water partition coefficient (Wildman–Crippen LogP) is 3.62. The summed E-state index contributed by atoms with van der Waals surface area (Å²) in [6, 6.07) is 5.44. The monoisotopic (exact) mass is 404 g/mol. The lowest BCUT2D eigenvalue weighted by Gasteiger charge is -2.35. The largest absolute Gasteiger partial charge is 0.493 e. The van der Waals surface area contributed by atoms with E-state index in [1.54, 1.807) is 32.4 Å². The quantitative estimate of drug-likeness (QED) is 0.733. The van der Waals surface area contributed by atoms with E-state index in [9.17, 15) is 9.59 Å². The molecule has 1 N–H and O–H groups in total. The maximum atomic E-state index is 12.8. The zero-order valence-corrected chi connectivity index (χ0v) is 18.0. The molecule has 0 saturated carbocycles. The summed E-state index contributed by atoms with van der Waals surface area (Å²) in [6.45, 7) is 6.52. The van der Waals surface area contributed by atoms with Crippen molar-refractivity contribution in [3.63, 3.8) is 0 Å². The lowest BCUT2D eigenvalue weighted by molar-refractivity contribution is -0.129. The average Bonchev–Trinajstić information content (AvgIpc) is 2.69. The van der Waals surface area contributed by atoms with Crippen LogP contribution in [0.5, 0.6) is 11.5 Å². The number of amides is 2. The molecule has 160 valence electrons. The topological polar surface area (TPSA) is 77.1 Å². The van der Waals surface area contributed by atoms with Gasteiger partial charge in [0.25, 0.3) is 0 Å². The molecule has 0 aliphatic carbocycles. The Kier molecular flexibility index (Phi) is 7.93. The van der Waals surface area contributed by atoms with Gasteiger partial charge < -0.3 is 24.4 Å². The van der Waals surface area contributed by atoms with E-state index in [-0.39, 0.29) is 11.9 Å². The molecule has 1 aromatic carbocycles. The Balaban J connectivity index is 2.00. The van der Waals surface area contributed by atoms with Crippen molar-refractivity contribution in [1.82, 2.24) is 10.2 Å². The first-order valence-electron chi connectivity index (χ1n) is 9.91. The molecule has 2 rings (SSSR count). The van der Waals surface area contributed by atoms with Gasteiger partial charge in [0.15, 0.2) is 11.5 Å². The first-order valence-corrected chi connectivity index (χ1v) is 9.91. The molecule has 1 atom stereocenters. The zero-order valence-electron chi connectivity index (χ0n) is 18.0. The minimum atomic E-state index is -0.547. The van der Waals surface area contributed by atoms with Gasteiger partial charge in [0.05, 0.1) is 14.2 Å². The van der Waals surface area contributed by atoms with E-state index in [0.717, 1.165) is 24.8 Å². The third kappa shape index (κ3) is 7.00. The summed E-state index contributed by atoms with van der Waals surface area (Å²) in [7, 11) is 3.16. The van der Waals surface area contributed by atoms with Crippen LogP contribution in [-0.2, 0) is 9.53 Å². The van der Waals surface area contributed by atoms with E-state index in [1.807, 2.05) is 37.8 Å². The molecule has 29 heavy (non-hydrogen) atoms. The third-order valence-electron chi connectivity index (χ3n) is 4.62. The van der Waals surface area contributed by atoms with E-state index in [0.29, 0.717) is 24.6 Å². The minimum Gasteiger partial charge on any atom is -0.493 e. The smallest absolute Gasteiger partial charge is 0.407 e. The molecule has 1 fully saturated rings. The van der Waals surface area contributed by atoms with Crippen LogP contribution in [0.2, 0.25) is 0 Å². The first kappa shape index (κ1) is 22.6. The highest BCUT2D eigenvalue weighted by Crippen LogP contribution is 2.28. The van der Waals surface area contributed by atoms with Crippen LogP contribution >= 0.6 is 0 Å². The number of hydrogen-bond donors (Lipinski definition) is 1. The van der Waals surface area contributed by atoms with E-state index in [4.69, 9.17) is 14.2 Å². The summed E-state index contributed by atoms with van der Waals surface area (Å²) in [6.07, 6.45) is 5.70. The molecule has 1 aliphatic rings. The van der Waals surface area contributed by atoms with E-state index < -0.39 is 11.7 Å². The maximum Gasteiger partial charge on any atom is 0.407 e. The fourth-order valence-corrected chi connectivity index (χ4v) is 3.24. The first-order chi connectivity index (χ1) is 13.7. The summed E-state index contributed by atoms with van der Waals surface area (Å²) < 4.78 is 15.8. The van der Waals surface area contributed by atoms with Crippen LogP contribution in [0.25, 0.3) is 6.08 Å². The van der Waals surface area contributed by atoms with Crippen LogP contribution in [0.1, 0.15) is 45.6 Å². The standard InChI is InChI=1S/C22H32N2O5/c1-22(2,3)29-21(26)23-15-17-8-6-7-13-24(17)20(25)12-10-16-9-11-18(27-4)19(14-16)28-5/h9-12,14,17H,6-8,13,15H2,1-5H3,(H,23,26)/b12-10+. The van der Waals surface area contributed by atoms with Gasteiger partial charge >= 0.3 is 6.09 Å². The van der Waals surface area contributed by atoms with Crippen molar-refractivity contribution >= 4 is 18.1 Å². The number of nitrogens with one attached hydrogen (secondary N) is 1. The maximum absolute atomic E-state index is 12.8. The molecule has 0 spiro atoms. The summed E-state index contributed by atoms with van der Waals surface area (Å²) in [5.74, 6) is 1.18. The molecule has 0 aromatic heterocycles. The number of nitrogens with zero attached hydrogens (tertiary/aromatic N) is 1. The Morgan fingerprint density at radius 1 is 1.17 bits per heavy atom. The molecule has 7 nitrogen and oxygen atoms in total. The highest BCUT2D eigenvalue weighted by atomic mass is 16.6. The molecular weight excluding hydrogens is 372 g/mol. The van der Waals surface area contributed by atoms with E-state index >= 15 is 0 Å². The van der Waals surface area contributed by atoms with Gasteiger partial charge in [-0.15, -0.1) is 0 Å². The van der Waals surface area contributed by atoms with Crippen molar-refractivity contribution in [2.75, 3.05) is 27.3 Å². The van der Waals surface area contributed by atoms with Gasteiger partial charge in [0, 0.05) is 25.2 Å². The predicted molar refractivity (Wildman–Crippen MR) is 112 cm³/mol. The van der Waals surface area contributed by atoms with Crippen LogP contribution < -0.4 is 14.8 Å². The molecule has 1 aliphatic heterocycles. The Hall–Kier alpha value is -2.70. The van der Waals surface area contributed by atoms with Gasteiger partial charge in [-0.25, -0.2) is 4.79 Å². The van der Waals surface area contributed by atoms with Crippen LogP contribution in [0.4, 0.5) is 4.79 Å². The van der Waals surface area contributed by atoms with Crippen LogP contribution in [0.15, 0.2) is 24.3 Å². The highest BCUT2D eigenvalue weighted by molar-refractivity contribution is 5.92. The summed E-state index contributed by atoms with van der Waals surface area (Å²) in [5, 5.41) is 2.79. The number of methoxy groups -OCH3 is 2. The molecule has 0 bridgehead atoms. The molecule has 1 saturated heterocycles. The fraction of sp³-hybridized carbons (Fsp3) is 0.545. The molecule has 7 heteroatoms. The second kappa shape index (κ2) is 10.2. The van der Waals surface area contributed by atoms with Gasteiger partial charge in [-0.1, -0.05) is 6.07 Å². The zero-order chi connectivity index (χ0) is 21.4. The van der Waals surface area contributed by atoms with Gasteiger partial charge in [0.2, 0.25) is 5.91 Å². The van der Waals surface area contributed by atoms with Crippen LogP contribution in [0, 0.1) is 0 Å². The lowest BCUT2D eigenvalue weighted by atomic mass is 10.0. The average molecular weight is 405 g/mol. The fourth-order valence-electron chi connectivity index (χ4n) is 3.24. The van der Waals surface area contributed by atoms with Crippen LogP contribution in [0.3, 0.4) is 0 Å². The number of carbonyl (C=O) groups excluding carboxylic acids is 2. The molecule has 1 heterocycles. The number of alkyl carbamates (subject to hydrolysis) is 1. The number of likely N-dealkylation sites (tertiary alicyclic amines) is 1. The van der Waals surface area contributed by atoms with Crippen molar-refractivity contribution in [1.29, 1.82) is 0 Å². The normalized spacial score (nSPS) is 17.1. The second-order valence-electron chi connectivity index (χ2n) is 8.01. The Bertz CT molecular complexity index is 739. The van der Waals surface area contributed by atoms with Gasteiger partial charge in [-0.3, -0.25) is 4.79 Å². The van der Waals surface area contributed by atoms with Crippen molar-refractivity contribution < 1.29 is 23.8 Å². The molecular formula is C22H32N2O5. The Labute approximate surface area is 173 Å². The minimum absolute atomic E-state index is 0.0428. The Morgan fingerprint density at radius 2 is 1.90 bits per heavy atom. The summed E-state index contributed by atoms with van der Waals surface area (Å²) in [5.41, 5.74) is 0.297. The number of hydrogen-bond acceptors (Lipinski definition) is 5. The highest BCUT2D eigenvalue weighted by Gasteiger charge is 2.26. The SMILES string of the molecule is COc1ccc(/C=C/C(=O)N2CCCCC2CNC(=O)OC(C)(C)C)cc1OC. The van der Waals surface area contributed by atoms with Crippen molar-refractivity contribution in [3.8, 4) is 11.5 Å². The molecule has 2 amide bonds. The van der Waals surface area contributed by atoms with E-state index in [2.05, 4.69) is 5.32 Å². The van der Waals surface area contributed by atoms with Crippen LogP contribution in [-0.4, -0.2) is 55.9 Å². The molecule has 0 radical (unpaired) electrons. The van der Waals surface area contributed by atoms with Crippen molar-refractivity contribution in [2.45, 2.75) is 51.7 Å². The second-order valence-corrected chi connectivity index (χ2v) is 8.01. The van der Waals surface area contributed by atoms with E-state index in [1.165, 1.54) is 0 Å². The van der Waals surface area contributed by atoms with Crippen molar-refractivity contribution in [2.24, 2.45) is 0 Å².